The number of allylic oxidation sites excluding steroid dienone is 6. The number of nitrogens with one attached hydrogen (secondary N) is 1. The highest BCUT2D eigenvalue weighted by Gasteiger charge is 2.43. The second-order valence-electron chi connectivity index (χ2n) is 14.8. The molecule has 260 valence electrons. The zero-order valence-electron chi connectivity index (χ0n) is 29.2. The molecule has 3 fully saturated rings. The lowest BCUT2D eigenvalue weighted by molar-refractivity contribution is 0.431. The first-order chi connectivity index (χ1) is 26.1. The molecule has 1 N–H and O–H groups in total. The standard InChI is InChI=1S/C45H38N6O2/c46-44(49-41(47-26-27-9-3-1-4-10-27)33-14-7-13-30-22-34(30)23-33)53-40-36-15-8-16-39(38(36)25-35-24-37(35)40)52-45-50-42(28-11-5-2-6-12-28)48-43(51-45)29-17-19-31-21-32(31)20-18-29/h1-12,14-19,23,25-26,30-32,34-35,37,46H,13,20-22,24H2/b46-44?,47-26?,49-41-. The topological polar surface area (TPSA) is 106 Å². The van der Waals surface area contributed by atoms with Gasteiger partial charge in [-0.1, -0.05) is 115 Å². The van der Waals surface area contributed by atoms with Crippen LogP contribution in [0.5, 0.6) is 11.8 Å². The molecule has 8 nitrogen and oxygen atoms in total. The number of aliphatic imine (C=N–C) groups is 2. The number of ether oxygens (including phenoxy) is 2. The van der Waals surface area contributed by atoms with Gasteiger partial charge in [0.25, 0.3) is 0 Å². The summed E-state index contributed by atoms with van der Waals surface area (Å²) >= 11 is 0. The molecule has 8 heteroatoms. The third-order valence-electron chi connectivity index (χ3n) is 11.1. The molecule has 1 aromatic heterocycles. The van der Waals surface area contributed by atoms with Crippen LogP contribution in [0.1, 0.15) is 43.5 Å². The van der Waals surface area contributed by atoms with Crippen LogP contribution in [0.4, 0.5) is 0 Å². The average molecular weight is 695 g/mol. The van der Waals surface area contributed by atoms with Crippen molar-refractivity contribution >= 4 is 35.5 Å². The molecule has 6 unspecified atom stereocenters. The molecule has 3 saturated carbocycles. The van der Waals surface area contributed by atoms with Crippen LogP contribution in [0.2, 0.25) is 0 Å². The summed E-state index contributed by atoms with van der Waals surface area (Å²) < 4.78 is 12.9. The van der Waals surface area contributed by atoms with Gasteiger partial charge in [-0.25, -0.2) is 15.4 Å². The van der Waals surface area contributed by atoms with Crippen LogP contribution in [0, 0.1) is 40.9 Å². The maximum absolute atomic E-state index is 8.98. The Bertz CT molecular complexity index is 2450. The Labute approximate surface area is 308 Å². The molecule has 6 aliphatic rings. The quantitative estimate of drug-likeness (QED) is 0.157. The fourth-order valence-corrected chi connectivity index (χ4v) is 7.74. The normalized spacial score (nSPS) is 26.0. The highest BCUT2D eigenvalue weighted by Crippen LogP contribution is 2.48. The Morgan fingerprint density at radius 1 is 0.774 bits per heavy atom. The van der Waals surface area contributed by atoms with Crippen molar-refractivity contribution in [3.63, 3.8) is 0 Å². The van der Waals surface area contributed by atoms with Crippen molar-refractivity contribution in [2.24, 2.45) is 45.5 Å². The molecular formula is C45H38N6O2. The Kier molecular flexibility index (Phi) is 7.89. The third-order valence-corrected chi connectivity index (χ3v) is 11.1. The van der Waals surface area contributed by atoms with E-state index >= 15 is 0 Å². The van der Waals surface area contributed by atoms with Crippen LogP contribution >= 0.6 is 0 Å². The van der Waals surface area contributed by atoms with Gasteiger partial charge in [0, 0.05) is 39.3 Å². The molecule has 0 bridgehead atoms. The Morgan fingerprint density at radius 2 is 1.58 bits per heavy atom. The van der Waals surface area contributed by atoms with E-state index in [0.717, 1.165) is 63.6 Å². The molecule has 0 spiro atoms. The van der Waals surface area contributed by atoms with Gasteiger partial charge in [0.1, 0.15) is 11.5 Å². The fourth-order valence-electron chi connectivity index (χ4n) is 7.74. The minimum Gasteiger partial charge on any atom is -0.428 e. The van der Waals surface area contributed by atoms with Crippen molar-refractivity contribution in [2.45, 2.75) is 32.1 Å². The molecule has 6 aliphatic carbocycles. The van der Waals surface area contributed by atoms with Crippen LogP contribution in [0.15, 0.2) is 131 Å². The number of amidine groups is 2. The number of nitrogens with zero attached hydrogens (tertiary/aromatic N) is 5. The van der Waals surface area contributed by atoms with Crippen molar-refractivity contribution in [3.05, 3.63) is 143 Å². The van der Waals surface area contributed by atoms with Gasteiger partial charge in [0.2, 0.25) is 0 Å². The first-order valence-corrected chi connectivity index (χ1v) is 18.7. The zero-order chi connectivity index (χ0) is 35.3. The van der Waals surface area contributed by atoms with Crippen molar-refractivity contribution < 1.29 is 9.47 Å². The van der Waals surface area contributed by atoms with E-state index in [1.54, 1.807) is 6.21 Å². The van der Waals surface area contributed by atoms with Gasteiger partial charge in [0.05, 0.1) is 0 Å². The van der Waals surface area contributed by atoms with Crippen LogP contribution in [-0.2, 0) is 4.74 Å². The molecule has 1 heterocycles. The maximum Gasteiger partial charge on any atom is 0.326 e. The summed E-state index contributed by atoms with van der Waals surface area (Å²) in [6.45, 7) is 0. The summed E-state index contributed by atoms with van der Waals surface area (Å²) in [5.41, 5.74) is 3.78. The highest BCUT2D eigenvalue weighted by atomic mass is 16.5. The smallest absolute Gasteiger partial charge is 0.326 e. The number of hydrogen-bond donors (Lipinski definition) is 1. The first kappa shape index (κ1) is 31.7. The molecular weight excluding hydrogens is 657 g/mol. The first-order valence-electron chi connectivity index (χ1n) is 18.7. The summed E-state index contributed by atoms with van der Waals surface area (Å²) in [5, 5.41) is 10.8. The number of rotatable bonds is 7. The van der Waals surface area contributed by atoms with E-state index in [4.69, 9.17) is 34.8 Å². The zero-order valence-corrected chi connectivity index (χ0v) is 29.2. The largest absolute Gasteiger partial charge is 0.428 e. The molecule has 3 aromatic carbocycles. The molecule has 6 atom stereocenters. The average Bonchev–Trinajstić information content (AvgIpc) is 4.05. The molecule has 0 saturated heterocycles. The molecule has 10 rings (SSSR count). The van der Waals surface area contributed by atoms with E-state index in [1.165, 1.54) is 12.8 Å². The Morgan fingerprint density at radius 3 is 2.47 bits per heavy atom. The SMILES string of the molecule is N=C(/N=C(\N=Cc1ccccc1)C1=CC2CC2CC=C1)OC1=c2cccc(Oc3nc(C4=CCC5CC5C=C4)nc(-c4ccccc4)n3)c2=CC2CC12. The lowest BCUT2D eigenvalue weighted by Crippen LogP contribution is -2.33. The summed E-state index contributed by atoms with van der Waals surface area (Å²) in [5.74, 6) is 6.07. The summed E-state index contributed by atoms with van der Waals surface area (Å²) in [4.78, 5) is 24.0. The second-order valence-corrected chi connectivity index (χ2v) is 14.8. The molecule has 53 heavy (non-hydrogen) atoms. The molecule has 4 aromatic rings. The predicted octanol–water partition coefficient (Wildman–Crippen LogP) is 7.84. The van der Waals surface area contributed by atoms with Crippen LogP contribution in [-0.4, -0.2) is 33.0 Å². The molecule has 0 aliphatic heterocycles. The third kappa shape index (κ3) is 6.73. The van der Waals surface area contributed by atoms with Crippen LogP contribution < -0.4 is 15.2 Å². The highest BCUT2D eigenvalue weighted by molar-refractivity contribution is 6.10. The summed E-state index contributed by atoms with van der Waals surface area (Å²) in [6.07, 6.45) is 22.7. The van der Waals surface area contributed by atoms with Gasteiger partial charge in [-0.2, -0.15) is 15.0 Å². The fraction of sp³-hybridized carbons (Fsp3) is 0.244. The minimum absolute atomic E-state index is 0.183. The van der Waals surface area contributed by atoms with Gasteiger partial charge in [-0.05, 0) is 73.3 Å². The van der Waals surface area contributed by atoms with Gasteiger partial charge < -0.3 is 9.47 Å². The number of benzene rings is 3. The second kappa shape index (κ2) is 13.2. The van der Waals surface area contributed by atoms with Crippen molar-refractivity contribution in [2.75, 3.05) is 0 Å². The van der Waals surface area contributed by atoms with Crippen molar-refractivity contribution in [1.29, 1.82) is 5.41 Å². The van der Waals surface area contributed by atoms with Crippen molar-refractivity contribution in [1.82, 2.24) is 15.0 Å². The lowest BCUT2D eigenvalue weighted by Gasteiger charge is -2.14. The monoisotopic (exact) mass is 694 g/mol. The van der Waals surface area contributed by atoms with E-state index in [1.807, 2.05) is 78.9 Å². The van der Waals surface area contributed by atoms with Crippen molar-refractivity contribution in [3.8, 4) is 23.1 Å². The Balaban J connectivity index is 0.989. The predicted molar refractivity (Wildman–Crippen MR) is 208 cm³/mol. The molecule has 0 radical (unpaired) electrons. The van der Waals surface area contributed by atoms with Gasteiger partial charge in [-0.3, -0.25) is 0 Å². The van der Waals surface area contributed by atoms with E-state index in [-0.39, 0.29) is 23.9 Å². The van der Waals surface area contributed by atoms with E-state index < -0.39 is 0 Å². The summed E-state index contributed by atoms with van der Waals surface area (Å²) in [6, 6.07) is 25.9. The number of aromatic nitrogens is 3. The lowest BCUT2D eigenvalue weighted by atomic mass is 10.1. The number of hydrogen-bond acceptors (Lipinski definition) is 6. The minimum atomic E-state index is -0.187. The van der Waals surface area contributed by atoms with Gasteiger partial charge in [0.15, 0.2) is 17.5 Å². The van der Waals surface area contributed by atoms with Gasteiger partial charge in [-0.15, -0.1) is 0 Å². The van der Waals surface area contributed by atoms with Gasteiger partial charge >= 0.3 is 12.0 Å². The van der Waals surface area contributed by atoms with E-state index in [2.05, 4.69) is 47.5 Å². The molecule has 0 amide bonds. The van der Waals surface area contributed by atoms with Crippen LogP contribution in [0.25, 0.3) is 28.8 Å². The van der Waals surface area contributed by atoms with Crippen LogP contribution in [0.3, 0.4) is 0 Å². The van der Waals surface area contributed by atoms with E-state index in [0.29, 0.717) is 41.0 Å². The van der Waals surface area contributed by atoms with E-state index in [9.17, 15) is 0 Å². The Hall–Kier alpha value is -6.02. The summed E-state index contributed by atoms with van der Waals surface area (Å²) in [7, 11) is 0. The number of fused-ring (bicyclic) bond motifs is 4. The maximum atomic E-state index is 8.98.